The third kappa shape index (κ3) is 5.49. The van der Waals surface area contributed by atoms with Crippen molar-refractivity contribution in [3.63, 3.8) is 0 Å². The summed E-state index contributed by atoms with van der Waals surface area (Å²) in [6.07, 6.45) is 2.63. The Bertz CT molecular complexity index is 1040. The van der Waals surface area contributed by atoms with Gasteiger partial charge in [-0.1, -0.05) is 20.8 Å². The zero-order chi connectivity index (χ0) is 28.2. The fourth-order valence-electron chi connectivity index (χ4n) is 6.98. The maximum absolute atomic E-state index is 13.9. The monoisotopic (exact) mass is 573 g/mol. The third-order valence-electron chi connectivity index (χ3n) is 8.75. The Kier molecular flexibility index (Phi) is 8.00. The fourth-order valence-corrected chi connectivity index (χ4v) is 7.80. The third-order valence-corrected chi connectivity index (χ3v) is 9.69. The van der Waals surface area contributed by atoms with E-state index in [0.29, 0.717) is 18.9 Å². The maximum atomic E-state index is 13.9. The van der Waals surface area contributed by atoms with Crippen molar-refractivity contribution in [2.75, 3.05) is 13.1 Å². The van der Waals surface area contributed by atoms with Gasteiger partial charge in [0.05, 0.1) is 6.07 Å². The molecule has 0 aromatic rings. The summed E-state index contributed by atoms with van der Waals surface area (Å²) in [5, 5.41) is 13.1. The van der Waals surface area contributed by atoms with Crippen LogP contribution >= 0.6 is 20.8 Å². The summed E-state index contributed by atoms with van der Waals surface area (Å²) in [6, 6.07) is -1.13. The average molecular weight is 574 g/mol. The molecule has 0 aromatic carbocycles. The van der Waals surface area contributed by atoms with Gasteiger partial charge in [0.2, 0.25) is 17.7 Å². The van der Waals surface area contributed by atoms with E-state index in [1.807, 2.05) is 0 Å². The molecule has 2 bridgehead atoms. The number of hydrogen-bond donors (Lipinski definition) is 3. The Morgan fingerprint density at radius 1 is 1.24 bits per heavy atom. The maximum Gasteiger partial charge on any atom is 0.399 e. The van der Waals surface area contributed by atoms with Crippen molar-refractivity contribution in [3.8, 4) is 6.07 Å². The number of halogens is 3. The van der Waals surface area contributed by atoms with Crippen LogP contribution in [0.25, 0.3) is 0 Å². The SMILES string of the molecule is CC(C)(C)C(NC(=O)C(F)(F)Cl)C(=O)N1CC2C3CC(P)C(C3)C2C1C(=O)NC(C#N)CC1CCNC1=O. The highest BCUT2D eigenvalue weighted by molar-refractivity contribution is 7.17. The van der Waals surface area contributed by atoms with E-state index in [4.69, 9.17) is 11.6 Å². The van der Waals surface area contributed by atoms with Gasteiger partial charge in [-0.05, 0) is 72.0 Å². The van der Waals surface area contributed by atoms with E-state index >= 15 is 0 Å². The number of carbonyl (C=O) groups is 4. The molecule has 2 saturated heterocycles. The molecule has 38 heavy (non-hydrogen) atoms. The molecule has 2 aliphatic heterocycles. The first kappa shape index (κ1) is 28.9. The molecule has 4 rings (SSSR count). The molecule has 2 saturated carbocycles. The quantitative estimate of drug-likeness (QED) is 0.315. The molecule has 2 aliphatic carbocycles. The van der Waals surface area contributed by atoms with Crippen LogP contribution in [0.2, 0.25) is 0 Å². The number of nitrogens with zero attached hydrogens (tertiary/aromatic N) is 2. The lowest BCUT2D eigenvalue weighted by Gasteiger charge is -2.37. The van der Waals surface area contributed by atoms with Gasteiger partial charge in [-0.25, -0.2) is 0 Å². The lowest BCUT2D eigenvalue weighted by atomic mass is 9.77. The number of nitrogens with one attached hydrogen (secondary N) is 3. The predicted molar refractivity (Wildman–Crippen MR) is 138 cm³/mol. The molecule has 4 fully saturated rings. The first-order chi connectivity index (χ1) is 17.6. The van der Waals surface area contributed by atoms with E-state index in [1.54, 1.807) is 20.8 Å². The average Bonchev–Trinajstić information content (AvgIpc) is 3.56. The van der Waals surface area contributed by atoms with E-state index in [9.17, 15) is 33.2 Å². The van der Waals surface area contributed by atoms with Gasteiger partial charge < -0.3 is 20.9 Å². The Hall–Kier alpha value is -2.05. The number of likely N-dealkylation sites (tertiary alicyclic amines) is 1. The molecule has 9 nitrogen and oxygen atoms in total. The lowest BCUT2D eigenvalue weighted by molar-refractivity contribution is -0.148. The van der Waals surface area contributed by atoms with Crippen LogP contribution < -0.4 is 16.0 Å². The number of amides is 4. The van der Waals surface area contributed by atoms with Crippen LogP contribution in [0.4, 0.5) is 8.78 Å². The lowest BCUT2D eigenvalue weighted by Crippen LogP contribution is -2.60. The van der Waals surface area contributed by atoms with E-state index in [-0.39, 0.29) is 48.2 Å². The fraction of sp³-hybridized carbons (Fsp3) is 0.800. The molecule has 10 unspecified atom stereocenters. The van der Waals surface area contributed by atoms with Gasteiger partial charge in [0, 0.05) is 19.0 Å². The molecule has 10 atom stereocenters. The summed E-state index contributed by atoms with van der Waals surface area (Å²) < 4.78 is 27.1. The molecular weight excluding hydrogens is 539 g/mol. The Labute approximate surface area is 228 Å². The molecule has 0 aromatic heterocycles. The first-order valence-corrected chi connectivity index (χ1v) is 14.1. The van der Waals surface area contributed by atoms with Gasteiger partial charge in [-0.3, -0.25) is 19.2 Å². The molecule has 13 heteroatoms. The molecule has 4 aliphatic rings. The zero-order valence-corrected chi connectivity index (χ0v) is 23.6. The summed E-state index contributed by atoms with van der Waals surface area (Å²) in [6.45, 7) is 5.69. The Morgan fingerprint density at radius 3 is 2.47 bits per heavy atom. The highest BCUT2D eigenvalue weighted by Gasteiger charge is 2.62. The van der Waals surface area contributed by atoms with Crippen molar-refractivity contribution in [2.24, 2.45) is 35.0 Å². The van der Waals surface area contributed by atoms with Crippen LogP contribution in [-0.4, -0.2) is 70.8 Å². The summed E-state index contributed by atoms with van der Waals surface area (Å²) in [4.78, 5) is 53.2. The first-order valence-electron chi connectivity index (χ1n) is 13.0. The Morgan fingerprint density at radius 2 is 1.92 bits per heavy atom. The number of nitriles is 1. The second-order valence-corrected chi connectivity index (χ2v) is 13.5. The molecule has 2 heterocycles. The molecule has 4 amide bonds. The molecule has 0 spiro atoms. The van der Waals surface area contributed by atoms with Crippen molar-refractivity contribution < 1.29 is 28.0 Å². The van der Waals surface area contributed by atoms with Crippen LogP contribution in [0.5, 0.6) is 0 Å². The number of rotatable bonds is 7. The van der Waals surface area contributed by atoms with Crippen LogP contribution in [0.3, 0.4) is 0 Å². The van der Waals surface area contributed by atoms with E-state index in [2.05, 4.69) is 31.3 Å². The van der Waals surface area contributed by atoms with Crippen molar-refractivity contribution in [3.05, 3.63) is 0 Å². The second kappa shape index (κ2) is 10.5. The highest BCUT2D eigenvalue weighted by Crippen LogP contribution is 2.59. The van der Waals surface area contributed by atoms with E-state index in [1.165, 1.54) is 4.90 Å². The summed E-state index contributed by atoms with van der Waals surface area (Å²) in [5.74, 6) is -3.04. The molecular formula is C25H35ClF2N5O4P. The minimum absolute atomic E-state index is 0.0587. The molecule has 210 valence electrons. The van der Waals surface area contributed by atoms with Gasteiger partial charge in [-0.2, -0.15) is 14.0 Å². The van der Waals surface area contributed by atoms with Gasteiger partial charge >= 0.3 is 11.3 Å². The van der Waals surface area contributed by atoms with Crippen LogP contribution in [0.1, 0.15) is 46.5 Å². The highest BCUT2D eigenvalue weighted by atomic mass is 35.5. The smallest absolute Gasteiger partial charge is 0.356 e. The molecule has 3 N–H and O–H groups in total. The minimum Gasteiger partial charge on any atom is -0.356 e. The van der Waals surface area contributed by atoms with Gasteiger partial charge in [0.25, 0.3) is 0 Å². The van der Waals surface area contributed by atoms with E-state index in [0.717, 1.165) is 12.8 Å². The van der Waals surface area contributed by atoms with Crippen molar-refractivity contribution in [1.29, 1.82) is 5.26 Å². The summed E-state index contributed by atoms with van der Waals surface area (Å²) >= 11 is 4.92. The van der Waals surface area contributed by atoms with E-state index < -0.39 is 46.6 Å². The summed E-state index contributed by atoms with van der Waals surface area (Å²) in [7, 11) is 2.84. The topological polar surface area (TPSA) is 131 Å². The predicted octanol–water partition coefficient (Wildman–Crippen LogP) is 1.61. The summed E-state index contributed by atoms with van der Waals surface area (Å²) in [5.41, 5.74) is -0.672. The molecule has 0 radical (unpaired) electrons. The number of carbonyl (C=O) groups excluding carboxylic acids is 4. The van der Waals surface area contributed by atoms with Crippen LogP contribution in [0, 0.1) is 46.3 Å². The van der Waals surface area contributed by atoms with Gasteiger partial charge in [0.15, 0.2) is 0 Å². The van der Waals surface area contributed by atoms with Crippen LogP contribution in [-0.2, 0) is 19.2 Å². The number of fused-ring (bicyclic) bond motifs is 5. The van der Waals surface area contributed by atoms with Crippen LogP contribution in [0.15, 0.2) is 0 Å². The Balaban J connectivity index is 1.60. The standard InChI is InChI=1S/C25H35ClF2N5O4P/c1-24(2,3)19(32-23(37)25(26,27)28)22(36)33-10-15-12-7-14(16(38)8-12)17(15)18(33)21(35)31-13(9-29)6-11-4-5-30-20(11)34/h11-19H,4-8,10,38H2,1-3H3,(H,30,34)(H,31,35)(H,32,37). The zero-order valence-electron chi connectivity index (χ0n) is 21.7. The van der Waals surface area contributed by atoms with Crippen molar-refractivity contribution >= 4 is 44.5 Å². The van der Waals surface area contributed by atoms with Gasteiger partial charge in [0.1, 0.15) is 18.1 Å². The largest absolute Gasteiger partial charge is 0.399 e. The minimum atomic E-state index is -4.19. The van der Waals surface area contributed by atoms with Gasteiger partial charge in [-0.15, -0.1) is 9.24 Å². The van der Waals surface area contributed by atoms with Crippen molar-refractivity contribution in [2.45, 2.75) is 75.6 Å². The number of hydrogen-bond acceptors (Lipinski definition) is 5. The normalized spacial score (nSPS) is 33.8. The number of alkyl halides is 3. The second-order valence-electron chi connectivity index (χ2n) is 12.2. The van der Waals surface area contributed by atoms with Crippen molar-refractivity contribution in [1.82, 2.24) is 20.9 Å².